The van der Waals surface area contributed by atoms with Crippen LogP contribution in [-0.2, 0) is 4.79 Å². The number of aliphatic carboxylic acids is 1. The smallest absolute Gasteiger partial charge is 0.327 e. The molecule has 2 rings (SSSR count). The van der Waals surface area contributed by atoms with Crippen LogP contribution in [0.25, 0.3) is 0 Å². The van der Waals surface area contributed by atoms with Crippen LogP contribution in [0, 0.1) is 0 Å². The number of aromatic hydroxyl groups is 2. The van der Waals surface area contributed by atoms with Crippen LogP contribution >= 0.6 is 21.6 Å². The highest BCUT2D eigenvalue weighted by Gasteiger charge is 2.24. The topological polar surface area (TPSA) is 95.6 Å². The van der Waals surface area contributed by atoms with Crippen LogP contribution in [-0.4, -0.2) is 36.6 Å². The van der Waals surface area contributed by atoms with E-state index < -0.39 is 12.0 Å². The van der Waals surface area contributed by atoms with E-state index in [0.29, 0.717) is 0 Å². The fourth-order valence-corrected chi connectivity index (χ4v) is 3.65. The lowest BCUT2D eigenvalue weighted by Gasteiger charge is -2.15. The molecule has 0 aliphatic rings. The number of rotatable bonds is 6. The summed E-state index contributed by atoms with van der Waals surface area (Å²) in [5.74, 6) is -1.51. The Kier molecular flexibility index (Phi) is 4.80. The predicted octanol–water partition coefficient (Wildman–Crippen LogP) is 2.36. The van der Waals surface area contributed by atoms with E-state index in [1.807, 2.05) is 12.1 Å². The molecule has 0 amide bonds. The zero-order chi connectivity index (χ0) is 14.5. The number of nitrogens with zero attached hydrogens (tertiary/aromatic N) is 2. The van der Waals surface area contributed by atoms with Crippen LogP contribution in [0.1, 0.15) is 6.04 Å². The van der Waals surface area contributed by atoms with Gasteiger partial charge >= 0.3 is 5.97 Å². The highest BCUT2D eigenvalue weighted by Crippen LogP contribution is 2.35. The Morgan fingerprint density at radius 3 is 2.50 bits per heavy atom. The summed E-state index contributed by atoms with van der Waals surface area (Å²) < 4.78 is 0.980. The van der Waals surface area contributed by atoms with E-state index >= 15 is 0 Å². The first kappa shape index (κ1) is 14.6. The fourth-order valence-electron chi connectivity index (χ4n) is 1.56. The third-order valence-electron chi connectivity index (χ3n) is 2.48. The van der Waals surface area contributed by atoms with Crippen molar-refractivity contribution >= 4 is 27.6 Å². The molecule has 106 valence electrons. The number of pyridine rings is 1. The van der Waals surface area contributed by atoms with Gasteiger partial charge in [0, 0.05) is 24.1 Å². The number of carbonyl (C=O) groups is 1. The normalized spacial score (nSPS) is 12.2. The molecule has 0 saturated heterocycles. The summed E-state index contributed by atoms with van der Waals surface area (Å²) in [6.45, 7) is 0. The van der Waals surface area contributed by atoms with Crippen LogP contribution in [0.15, 0.2) is 41.6 Å². The Hall–Kier alpha value is -1.80. The molecule has 2 aromatic heterocycles. The van der Waals surface area contributed by atoms with Gasteiger partial charge in [-0.05, 0) is 22.9 Å². The zero-order valence-corrected chi connectivity index (χ0v) is 11.8. The monoisotopic (exact) mass is 312 g/mol. The van der Waals surface area contributed by atoms with E-state index in [2.05, 4.69) is 4.98 Å². The van der Waals surface area contributed by atoms with E-state index in [0.717, 1.165) is 9.59 Å². The van der Waals surface area contributed by atoms with Crippen molar-refractivity contribution in [3.05, 3.63) is 36.5 Å². The van der Waals surface area contributed by atoms with Crippen molar-refractivity contribution in [2.45, 2.75) is 11.1 Å². The van der Waals surface area contributed by atoms with Gasteiger partial charge in [0.2, 0.25) is 0 Å². The van der Waals surface area contributed by atoms with Crippen molar-refractivity contribution < 1.29 is 20.1 Å². The maximum Gasteiger partial charge on any atom is 0.327 e. The summed E-state index contributed by atoms with van der Waals surface area (Å²) in [6.07, 6.45) is 1.65. The van der Waals surface area contributed by atoms with Crippen LogP contribution < -0.4 is 0 Å². The van der Waals surface area contributed by atoms with E-state index in [4.69, 9.17) is 0 Å². The molecule has 0 bridgehead atoms. The summed E-state index contributed by atoms with van der Waals surface area (Å²) >= 11 is 0. The first-order chi connectivity index (χ1) is 9.59. The number of aromatic nitrogens is 2. The second kappa shape index (κ2) is 6.58. The molecule has 2 aromatic rings. The fraction of sp³-hybridized carbons (Fsp3) is 0.167. The molecule has 6 nitrogen and oxygen atoms in total. The maximum absolute atomic E-state index is 11.3. The quantitative estimate of drug-likeness (QED) is 0.705. The van der Waals surface area contributed by atoms with E-state index in [9.17, 15) is 20.1 Å². The van der Waals surface area contributed by atoms with Gasteiger partial charge in [0.05, 0.1) is 0 Å². The first-order valence-electron chi connectivity index (χ1n) is 5.62. The maximum atomic E-state index is 11.3. The molecule has 0 fully saturated rings. The largest absolute Gasteiger partial charge is 0.494 e. The average molecular weight is 312 g/mol. The average Bonchev–Trinajstić information content (AvgIpc) is 2.76. The molecular formula is C12H12N2O4S2. The first-order valence-corrected chi connectivity index (χ1v) is 7.94. The van der Waals surface area contributed by atoms with Crippen LogP contribution in [0.3, 0.4) is 0 Å². The molecule has 1 atom stereocenters. The Balaban J connectivity index is 2.02. The lowest BCUT2D eigenvalue weighted by Crippen LogP contribution is -2.20. The van der Waals surface area contributed by atoms with Gasteiger partial charge in [-0.1, -0.05) is 16.9 Å². The second-order valence-electron chi connectivity index (χ2n) is 3.81. The van der Waals surface area contributed by atoms with Crippen molar-refractivity contribution in [2.75, 3.05) is 5.75 Å². The summed E-state index contributed by atoms with van der Waals surface area (Å²) in [6, 6.07) is 6.91. The number of carboxylic acid groups (broad SMARTS) is 1. The Bertz CT molecular complexity index is 569. The van der Waals surface area contributed by atoms with E-state index in [-0.39, 0.29) is 17.5 Å². The molecule has 8 heteroatoms. The van der Waals surface area contributed by atoms with Crippen LogP contribution in [0.2, 0.25) is 0 Å². The summed E-state index contributed by atoms with van der Waals surface area (Å²) in [4.78, 5) is 15.4. The third-order valence-corrected chi connectivity index (χ3v) is 4.74. The molecule has 20 heavy (non-hydrogen) atoms. The number of carboxylic acids is 1. The Labute approximate surface area is 122 Å². The van der Waals surface area contributed by atoms with Gasteiger partial charge in [-0.2, -0.15) is 0 Å². The van der Waals surface area contributed by atoms with Crippen molar-refractivity contribution in [2.24, 2.45) is 0 Å². The van der Waals surface area contributed by atoms with Gasteiger partial charge in [0.15, 0.2) is 11.8 Å². The predicted molar refractivity (Wildman–Crippen MR) is 77.0 cm³/mol. The molecule has 0 spiro atoms. The molecule has 0 aliphatic heterocycles. The third kappa shape index (κ3) is 3.40. The van der Waals surface area contributed by atoms with E-state index in [1.54, 1.807) is 12.3 Å². The molecule has 2 heterocycles. The molecule has 3 N–H and O–H groups in total. The lowest BCUT2D eigenvalue weighted by atomic mass is 10.3. The summed E-state index contributed by atoms with van der Waals surface area (Å²) in [7, 11) is 2.63. The Morgan fingerprint density at radius 2 is 1.95 bits per heavy atom. The number of hydrogen-bond acceptors (Lipinski definition) is 6. The molecule has 0 radical (unpaired) electrons. The minimum absolute atomic E-state index is 0.173. The summed E-state index contributed by atoms with van der Waals surface area (Å²) in [5.41, 5.74) is 0. The summed E-state index contributed by atoms with van der Waals surface area (Å²) in [5, 5.41) is 29.1. The van der Waals surface area contributed by atoms with Crippen LogP contribution in [0.4, 0.5) is 0 Å². The number of hydrogen-bond donors (Lipinski definition) is 3. The minimum atomic E-state index is -1.12. The Morgan fingerprint density at radius 1 is 1.25 bits per heavy atom. The van der Waals surface area contributed by atoms with Gasteiger partial charge in [-0.25, -0.2) is 9.78 Å². The SMILES string of the molecule is O=C(O)C(CSSc1ccccn1)n1c(O)ccc1O. The highest BCUT2D eigenvalue weighted by atomic mass is 33.1. The van der Waals surface area contributed by atoms with Gasteiger partial charge < -0.3 is 15.3 Å². The minimum Gasteiger partial charge on any atom is -0.494 e. The van der Waals surface area contributed by atoms with E-state index in [1.165, 1.54) is 33.7 Å². The van der Waals surface area contributed by atoms with Gasteiger partial charge in [-0.3, -0.25) is 4.57 Å². The van der Waals surface area contributed by atoms with Gasteiger partial charge in [0.1, 0.15) is 11.1 Å². The van der Waals surface area contributed by atoms with Crippen LogP contribution in [0.5, 0.6) is 11.8 Å². The highest BCUT2D eigenvalue weighted by molar-refractivity contribution is 8.76. The van der Waals surface area contributed by atoms with Gasteiger partial charge in [0.25, 0.3) is 0 Å². The van der Waals surface area contributed by atoms with Crippen molar-refractivity contribution in [1.82, 2.24) is 9.55 Å². The van der Waals surface area contributed by atoms with Crippen molar-refractivity contribution in [3.63, 3.8) is 0 Å². The zero-order valence-electron chi connectivity index (χ0n) is 10.2. The van der Waals surface area contributed by atoms with Crippen molar-refractivity contribution in [3.8, 4) is 11.8 Å². The molecule has 0 aliphatic carbocycles. The molecule has 0 saturated carbocycles. The lowest BCUT2D eigenvalue weighted by molar-refractivity contribution is -0.140. The molecule has 1 unspecified atom stereocenters. The standard InChI is InChI=1S/C12H12N2O4S2/c15-10-4-5-11(16)14(10)8(12(17)18)7-19-20-9-3-1-2-6-13-9/h1-6,8,15-16H,7H2,(H,17,18). The second-order valence-corrected chi connectivity index (χ2v) is 6.17. The molecule has 0 aromatic carbocycles. The van der Waals surface area contributed by atoms with Gasteiger partial charge in [-0.15, -0.1) is 0 Å². The van der Waals surface area contributed by atoms with Crippen molar-refractivity contribution in [1.29, 1.82) is 0 Å². The molecular weight excluding hydrogens is 300 g/mol.